The van der Waals surface area contributed by atoms with Crippen molar-refractivity contribution in [2.45, 2.75) is 59.3 Å². The number of unbranched alkanes of at least 4 members (excludes halogenated alkanes) is 1. The maximum atomic E-state index is 3.99. The lowest BCUT2D eigenvalue weighted by atomic mass is 9.91. The fraction of sp³-hybridized carbons (Fsp3) is 0.833. The van der Waals surface area contributed by atoms with Crippen molar-refractivity contribution in [3.63, 3.8) is 0 Å². The molecule has 0 nitrogen and oxygen atoms in total. The van der Waals surface area contributed by atoms with Crippen LogP contribution < -0.4 is 0 Å². The first kappa shape index (κ1) is 11.7. The lowest BCUT2D eigenvalue weighted by Crippen LogP contribution is -2.00. The Morgan fingerprint density at radius 2 is 1.83 bits per heavy atom. The van der Waals surface area contributed by atoms with E-state index in [0.717, 1.165) is 5.92 Å². The van der Waals surface area contributed by atoms with Crippen LogP contribution in [-0.4, -0.2) is 0 Å². The van der Waals surface area contributed by atoms with Crippen LogP contribution in [0, 0.1) is 5.92 Å². The van der Waals surface area contributed by atoms with Crippen molar-refractivity contribution < 1.29 is 0 Å². The Hall–Kier alpha value is -0.260. The third-order valence-corrected chi connectivity index (χ3v) is 2.30. The molecule has 0 aliphatic heterocycles. The monoisotopic (exact) mass is 168 g/mol. The van der Waals surface area contributed by atoms with Gasteiger partial charge in [-0.3, -0.25) is 0 Å². The molecule has 0 rings (SSSR count). The molecular weight excluding hydrogens is 144 g/mol. The van der Waals surface area contributed by atoms with Gasteiger partial charge < -0.3 is 0 Å². The fourth-order valence-electron chi connectivity index (χ4n) is 1.74. The van der Waals surface area contributed by atoms with Gasteiger partial charge in [0.25, 0.3) is 0 Å². The largest absolute Gasteiger partial charge is 0.100 e. The highest BCUT2D eigenvalue weighted by Crippen LogP contribution is 2.21. The van der Waals surface area contributed by atoms with Crippen LogP contribution >= 0.6 is 0 Å². The maximum absolute atomic E-state index is 3.99. The van der Waals surface area contributed by atoms with Crippen LogP contribution in [-0.2, 0) is 0 Å². The van der Waals surface area contributed by atoms with Crippen molar-refractivity contribution in [3.05, 3.63) is 12.2 Å². The minimum absolute atomic E-state index is 0.910. The molecule has 1 unspecified atom stereocenters. The first-order valence-corrected chi connectivity index (χ1v) is 5.35. The molecule has 0 bridgehead atoms. The highest BCUT2D eigenvalue weighted by molar-refractivity contribution is 4.90. The Morgan fingerprint density at radius 3 is 2.25 bits per heavy atom. The molecular formula is C12H24. The summed E-state index contributed by atoms with van der Waals surface area (Å²) in [5.41, 5.74) is 1.35. The predicted octanol–water partition coefficient (Wildman–Crippen LogP) is 4.56. The highest BCUT2D eigenvalue weighted by Gasteiger charge is 2.06. The molecule has 12 heavy (non-hydrogen) atoms. The molecule has 0 radical (unpaired) electrons. The van der Waals surface area contributed by atoms with E-state index in [-0.39, 0.29) is 0 Å². The van der Waals surface area contributed by atoms with Crippen LogP contribution in [0.5, 0.6) is 0 Å². The van der Waals surface area contributed by atoms with Gasteiger partial charge in [0.15, 0.2) is 0 Å². The van der Waals surface area contributed by atoms with Crippen LogP contribution in [0.15, 0.2) is 12.2 Å². The van der Waals surface area contributed by atoms with Crippen molar-refractivity contribution in [1.82, 2.24) is 0 Å². The molecule has 0 amide bonds. The normalized spacial score (nSPS) is 12.9. The zero-order valence-electron chi connectivity index (χ0n) is 9.03. The molecule has 72 valence electrons. The molecule has 0 heterocycles. The third-order valence-electron chi connectivity index (χ3n) is 2.30. The van der Waals surface area contributed by atoms with E-state index < -0.39 is 0 Å². The Bertz CT molecular complexity index is 113. The summed E-state index contributed by atoms with van der Waals surface area (Å²) in [5.74, 6) is 0.910. The van der Waals surface area contributed by atoms with E-state index in [2.05, 4.69) is 27.4 Å². The van der Waals surface area contributed by atoms with Gasteiger partial charge in [-0.05, 0) is 19.3 Å². The first-order valence-electron chi connectivity index (χ1n) is 5.35. The quantitative estimate of drug-likeness (QED) is 0.489. The number of rotatable bonds is 7. The van der Waals surface area contributed by atoms with Crippen LogP contribution in [0.25, 0.3) is 0 Å². The molecule has 0 aliphatic rings. The van der Waals surface area contributed by atoms with Crippen molar-refractivity contribution in [2.75, 3.05) is 0 Å². The van der Waals surface area contributed by atoms with Gasteiger partial charge in [-0.2, -0.15) is 0 Å². The van der Waals surface area contributed by atoms with Crippen LogP contribution in [0.4, 0.5) is 0 Å². The number of allylic oxidation sites excluding steroid dienone is 1. The van der Waals surface area contributed by atoms with Crippen LogP contribution in [0.1, 0.15) is 59.3 Å². The molecule has 0 heteroatoms. The van der Waals surface area contributed by atoms with E-state index in [9.17, 15) is 0 Å². The SMILES string of the molecule is C=C(C)CC(CCC)CCCC. The average Bonchev–Trinajstić information content (AvgIpc) is 2.00. The molecule has 0 spiro atoms. The van der Waals surface area contributed by atoms with Crippen molar-refractivity contribution in [1.29, 1.82) is 0 Å². The molecule has 0 aromatic heterocycles. The van der Waals surface area contributed by atoms with Crippen molar-refractivity contribution >= 4 is 0 Å². The van der Waals surface area contributed by atoms with Gasteiger partial charge >= 0.3 is 0 Å². The van der Waals surface area contributed by atoms with Crippen LogP contribution in [0.2, 0.25) is 0 Å². The van der Waals surface area contributed by atoms with Crippen molar-refractivity contribution in [2.24, 2.45) is 5.92 Å². The standard InChI is InChI=1S/C12H24/c1-5-7-9-12(8-6-2)10-11(3)4/h12H,3,5-10H2,1-2,4H3. The summed E-state index contributed by atoms with van der Waals surface area (Å²) < 4.78 is 0. The third kappa shape index (κ3) is 6.45. The lowest BCUT2D eigenvalue weighted by Gasteiger charge is -2.15. The minimum atomic E-state index is 0.910. The fourth-order valence-corrected chi connectivity index (χ4v) is 1.74. The molecule has 0 aromatic rings. The number of hydrogen-bond acceptors (Lipinski definition) is 0. The van der Waals surface area contributed by atoms with Crippen molar-refractivity contribution in [3.8, 4) is 0 Å². The second kappa shape index (κ2) is 7.39. The predicted molar refractivity (Wildman–Crippen MR) is 57.4 cm³/mol. The summed E-state index contributed by atoms with van der Waals surface area (Å²) in [7, 11) is 0. The van der Waals surface area contributed by atoms with E-state index in [1.807, 2.05) is 0 Å². The topological polar surface area (TPSA) is 0 Å². The smallest absolute Gasteiger partial charge is 0.0297 e. The molecule has 1 atom stereocenters. The van der Waals surface area contributed by atoms with Gasteiger partial charge in [0, 0.05) is 0 Å². The molecule has 0 saturated carbocycles. The van der Waals surface area contributed by atoms with Gasteiger partial charge in [-0.15, -0.1) is 6.58 Å². The average molecular weight is 168 g/mol. The second-order valence-electron chi connectivity index (χ2n) is 3.96. The zero-order valence-corrected chi connectivity index (χ0v) is 9.03. The Kier molecular flexibility index (Phi) is 7.23. The van der Waals surface area contributed by atoms with E-state index >= 15 is 0 Å². The summed E-state index contributed by atoms with van der Waals surface area (Å²) in [4.78, 5) is 0. The second-order valence-corrected chi connectivity index (χ2v) is 3.96. The van der Waals surface area contributed by atoms with Crippen LogP contribution in [0.3, 0.4) is 0 Å². The van der Waals surface area contributed by atoms with E-state index in [4.69, 9.17) is 0 Å². The molecule has 0 N–H and O–H groups in total. The van der Waals surface area contributed by atoms with Gasteiger partial charge in [-0.25, -0.2) is 0 Å². The zero-order chi connectivity index (χ0) is 9.40. The van der Waals surface area contributed by atoms with Gasteiger partial charge in [0.1, 0.15) is 0 Å². The van der Waals surface area contributed by atoms with Gasteiger partial charge in [-0.1, -0.05) is 51.5 Å². The molecule has 0 saturated heterocycles. The summed E-state index contributed by atoms with van der Waals surface area (Å²) >= 11 is 0. The summed E-state index contributed by atoms with van der Waals surface area (Å²) in [6.07, 6.45) is 8.06. The number of hydrogen-bond donors (Lipinski definition) is 0. The molecule has 0 aromatic carbocycles. The first-order chi connectivity index (χ1) is 5.70. The summed E-state index contributed by atoms with van der Waals surface area (Å²) in [6, 6.07) is 0. The highest BCUT2D eigenvalue weighted by atomic mass is 14.1. The van der Waals surface area contributed by atoms with Gasteiger partial charge in [0.2, 0.25) is 0 Å². The van der Waals surface area contributed by atoms with Gasteiger partial charge in [0.05, 0.1) is 0 Å². The maximum Gasteiger partial charge on any atom is -0.0297 e. The van der Waals surface area contributed by atoms with E-state index in [1.165, 1.54) is 44.1 Å². The minimum Gasteiger partial charge on any atom is -0.100 e. The Morgan fingerprint density at radius 1 is 1.17 bits per heavy atom. The molecule has 0 aliphatic carbocycles. The van der Waals surface area contributed by atoms with E-state index in [1.54, 1.807) is 0 Å². The summed E-state index contributed by atoms with van der Waals surface area (Å²) in [5, 5.41) is 0. The molecule has 0 fully saturated rings. The summed E-state index contributed by atoms with van der Waals surface area (Å²) in [6.45, 7) is 10.7. The van der Waals surface area contributed by atoms with E-state index in [0.29, 0.717) is 0 Å². The Balaban J connectivity index is 3.61. The Labute approximate surface area is 78.1 Å². The lowest BCUT2D eigenvalue weighted by molar-refractivity contribution is 0.426.